The molecule has 2 aromatic rings. The van der Waals surface area contributed by atoms with Crippen LogP contribution in [0, 0.1) is 11.3 Å². The number of hydrogen-bond acceptors (Lipinski definition) is 5. The molecule has 20 heavy (non-hydrogen) atoms. The number of nitriles is 1. The molecule has 1 fully saturated rings. The molecule has 0 spiro atoms. The van der Waals surface area contributed by atoms with Gasteiger partial charge in [0.25, 0.3) is 5.89 Å². The second-order valence-electron chi connectivity index (χ2n) is 4.90. The van der Waals surface area contributed by atoms with Crippen LogP contribution in [0.25, 0.3) is 11.5 Å². The molecule has 5 heteroatoms. The molecule has 1 unspecified atom stereocenters. The van der Waals surface area contributed by atoms with Gasteiger partial charge in [0.1, 0.15) is 0 Å². The summed E-state index contributed by atoms with van der Waals surface area (Å²) >= 11 is 0. The first-order chi connectivity index (χ1) is 9.85. The molecular weight excluding hydrogens is 254 g/mol. The predicted octanol–water partition coefficient (Wildman–Crippen LogP) is 2.72. The molecule has 102 valence electrons. The largest absolute Gasteiger partial charge is 0.378 e. The maximum absolute atomic E-state index is 8.90. The second-order valence-corrected chi connectivity index (χ2v) is 4.90. The van der Waals surface area contributed by atoms with E-state index in [1.165, 1.54) is 6.42 Å². The maximum atomic E-state index is 8.90. The summed E-state index contributed by atoms with van der Waals surface area (Å²) in [7, 11) is 0. The second kappa shape index (κ2) is 5.85. The molecule has 1 aromatic carbocycles. The van der Waals surface area contributed by atoms with E-state index in [0.717, 1.165) is 25.0 Å². The molecule has 1 aliphatic heterocycles. The molecule has 2 heterocycles. The molecule has 5 nitrogen and oxygen atoms in total. The first kappa shape index (κ1) is 12.8. The lowest BCUT2D eigenvalue weighted by Gasteiger charge is -2.20. The van der Waals surface area contributed by atoms with Crippen LogP contribution >= 0.6 is 0 Å². The summed E-state index contributed by atoms with van der Waals surface area (Å²) in [6.07, 6.45) is 4.25. The molecular formula is C15H15N3O2. The Morgan fingerprint density at radius 3 is 3.10 bits per heavy atom. The number of rotatable bonds is 3. The van der Waals surface area contributed by atoms with Gasteiger partial charge in [-0.05, 0) is 37.5 Å². The minimum absolute atomic E-state index is 0.194. The molecule has 3 rings (SSSR count). The fraction of sp³-hybridized carbons (Fsp3) is 0.400. The quantitative estimate of drug-likeness (QED) is 0.856. The van der Waals surface area contributed by atoms with E-state index in [0.29, 0.717) is 23.7 Å². The van der Waals surface area contributed by atoms with Crippen LogP contribution in [0.15, 0.2) is 28.8 Å². The van der Waals surface area contributed by atoms with Gasteiger partial charge in [-0.15, -0.1) is 0 Å². The van der Waals surface area contributed by atoms with Crippen molar-refractivity contribution < 1.29 is 9.26 Å². The van der Waals surface area contributed by atoms with Gasteiger partial charge in [-0.1, -0.05) is 11.2 Å². The topological polar surface area (TPSA) is 71.9 Å². The number of benzene rings is 1. The van der Waals surface area contributed by atoms with Crippen LogP contribution in [0.1, 0.15) is 30.7 Å². The summed E-state index contributed by atoms with van der Waals surface area (Å²) in [4.78, 5) is 4.38. The van der Waals surface area contributed by atoms with E-state index in [1.54, 1.807) is 12.1 Å². The lowest BCUT2D eigenvalue weighted by Crippen LogP contribution is -2.21. The van der Waals surface area contributed by atoms with Gasteiger partial charge < -0.3 is 9.26 Å². The standard InChI is InChI=1S/C15H15N3O2/c16-10-11-4-3-5-12(8-11)15-17-14(18-20-15)9-13-6-1-2-7-19-13/h3-5,8,13H,1-2,6-7,9H2. The van der Waals surface area contributed by atoms with Crippen molar-refractivity contribution in [2.45, 2.75) is 31.8 Å². The molecule has 0 N–H and O–H groups in total. The molecule has 1 atom stereocenters. The van der Waals surface area contributed by atoms with E-state index >= 15 is 0 Å². The van der Waals surface area contributed by atoms with E-state index in [2.05, 4.69) is 16.2 Å². The third-order valence-electron chi connectivity index (χ3n) is 3.39. The highest BCUT2D eigenvalue weighted by atomic mass is 16.5. The molecule has 0 amide bonds. The third-order valence-corrected chi connectivity index (χ3v) is 3.39. The van der Waals surface area contributed by atoms with Crippen molar-refractivity contribution in [3.8, 4) is 17.5 Å². The van der Waals surface area contributed by atoms with Crippen molar-refractivity contribution in [2.75, 3.05) is 6.61 Å². The van der Waals surface area contributed by atoms with Crippen molar-refractivity contribution in [1.29, 1.82) is 5.26 Å². The molecule has 0 aliphatic carbocycles. The fourth-order valence-corrected chi connectivity index (χ4v) is 2.35. The first-order valence-corrected chi connectivity index (χ1v) is 6.80. The highest BCUT2D eigenvalue weighted by Crippen LogP contribution is 2.20. The highest BCUT2D eigenvalue weighted by molar-refractivity contribution is 5.55. The van der Waals surface area contributed by atoms with E-state index in [-0.39, 0.29) is 6.10 Å². The Labute approximate surface area is 117 Å². The van der Waals surface area contributed by atoms with Gasteiger partial charge in [0.05, 0.1) is 17.7 Å². The van der Waals surface area contributed by atoms with E-state index in [4.69, 9.17) is 14.5 Å². The smallest absolute Gasteiger partial charge is 0.257 e. The van der Waals surface area contributed by atoms with Crippen molar-refractivity contribution >= 4 is 0 Å². The summed E-state index contributed by atoms with van der Waals surface area (Å²) in [6.45, 7) is 0.819. The summed E-state index contributed by atoms with van der Waals surface area (Å²) < 4.78 is 10.9. The molecule has 1 aliphatic rings. The van der Waals surface area contributed by atoms with Crippen molar-refractivity contribution in [1.82, 2.24) is 10.1 Å². The van der Waals surface area contributed by atoms with Crippen molar-refractivity contribution in [2.24, 2.45) is 0 Å². The Kier molecular flexibility index (Phi) is 3.75. The molecule has 0 saturated carbocycles. The lowest BCUT2D eigenvalue weighted by molar-refractivity contribution is 0.0153. The predicted molar refractivity (Wildman–Crippen MR) is 71.7 cm³/mol. The Morgan fingerprint density at radius 2 is 2.30 bits per heavy atom. The zero-order chi connectivity index (χ0) is 13.8. The van der Waals surface area contributed by atoms with Gasteiger partial charge in [-0.25, -0.2) is 0 Å². The van der Waals surface area contributed by atoms with Gasteiger partial charge in [-0.2, -0.15) is 10.2 Å². The molecule has 0 bridgehead atoms. The minimum Gasteiger partial charge on any atom is -0.378 e. The number of aromatic nitrogens is 2. The number of ether oxygens (including phenoxy) is 1. The summed E-state index contributed by atoms with van der Waals surface area (Å²) in [5.41, 5.74) is 1.35. The SMILES string of the molecule is N#Cc1cccc(-c2nc(CC3CCCCO3)no2)c1. The molecule has 1 aromatic heterocycles. The third kappa shape index (κ3) is 2.86. The van der Waals surface area contributed by atoms with E-state index in [1.807, 2.05) is 12.1 Å². The van der Waals surface area contributed by atoms with Crippen LogP contribution in [-0.2, 0) is 11.2 Å². The van der Waals surface area contributed by atoms with E-state index in [9.17, 15) is 0 Å². The maximum Gasteiger partial charge on any atom is 0.257 e. The molecule has 1 saturated heterocycles. The van der Waals surface area contributed by atoms with E-state index < -0.39 is 0 Å². The van der Waals surface area contributed by atoms with Crippen molar-refractivity contribution in [3.05, 3.63) is 35.7 Å². The minimum atomic E-state index is 0.194. The Balaban J connectivity index is 1.74. The Bertz CT molecular complexity index is 624. The normalized spacial score (nSPS) is 18.6. The lowest BCUT2D eigenvalue weighted by atomic mass is 10.1. The van der Waals surface area contributed by atoms with Crippen LogP contribution in [0.3, 0.4) is 0 Å². The highest BCUT2D eigenvalue weighted by Gasteiger charge is 2.18. The van der Waals surface area contributed by atoms with Gasteiger partial charge in [-0.3, -0.25) is 0 Å². The van der Waals surface area contributed by atoms with Crippen LogP contribution in [0.2, 0.25) is 0 Å². The fourth-order valence-electron chi connectivity index (χ4n) is 2.35. The molecule has 0 radical (unpaired) electrons. The average Bonchev–Trinajstić information content (AvgIpc) is 2.97. The monoisotopic (exact) mass is 269 g/mol. The van der Waals surface area contributed by atoms with Gasteiger partial charge in [0.15, 0.2) is 5.82 Å². The summed E-state index contributed by atoms with van der Waals surface area (Å²) in [5, 5.41) is 12.9. The van der Waals surface area contributed by atoms with Crippen LogP contribution in [0.5, 0.6) is 0 Å². The Morgan fingerprint density at radius 1 is 1.35 bits per heavy atom. The number of hydrogen-bond donors (Lipinski definition) is 0. The Hall–Kier alpha value is -2.19. The van der Waals surface area contributed by atoms with Gasteiger partial charge in [0, 0.05) is 18.6 Å². The zero-order valence-electron chi connectivity index (χ0n) is 11.1. The number of nitrogens with zero attached hydrogens (tertiary/aromatic N) is 3. The van der Waals surface area contributed by atoms with Gasteiger partial charge >= 0.3 is 0 Å². The van der Waals surface area contributed by atoms with Crippen molar-refractivity contribution in [3.63, 3.8) is 0 Å². The summed E-state index contributed by atoms with van der Waals surface area (Å²) in [6, 6.07) is 9.25. The van der Waals surface area contributed by atoms with Crippen LogP contribution in [-0.4, -0.2) is 22.9 Å². The van der Waals surface area contributed by atoms with Crippen LogP contribution in [0.4, 0.5) is 0 Å². The van der Waals surface area contributed by atoms with Crippen LogP contribution < -0.4 is 0 Å². The average molecular weight is 269 g/mol. The van der Waals surface area contributed by atoms with Gasteiger partial charge in [0.2, 0.25) is 0 Å². The summed E-state index contributed by atoms with van der Waals surface area (Å²) in [5.74, 6) is 1.11. The first-order valence-electron chi connectivity index (χ1n) is 6.80. The zero-order valence-corrected chi connectivity index (χ0v) is 11.1.